The van der Waals surface area contributed by atoms with Gasteiger partial charge < -0.3 is 10.3 Å². The van der Waals surface area contributed by atoms with Crippen LogP contribution in [-0.4, -0.2) is 25.8 Å². The van der Waals surface area contributed by atoms with Crippen LogP contribution in [0.15, 0.2) is 53.7 Å². The first-order valence-electron chi connectivity index (χ1n) is 10.4. The Morgan fingerprint density at radius 3 is 2.63 bits per heavy atom. The van der Waals surface area contributed by atoms with Crippen molar-refractivity contribution in [3.05, 3.63) is 70.3 Å². The lowest BCUT2D eigenvalue weighted by molar-refractivity contribution is -0.111. The van der Waals surface area contributed by atoms with Gasteiger partial charge >= 0.3 is 0 Å². The molecule has 0 fully saturated rings. The first-order valence-corrected chi connectivity index (χ1v) is 11.1. The molecule has 0 aliphatic heterocycles. The average molecular weight is 508 g/mol. The second kappa shape index (κ2) is 9.62. The number of hydrogen-bond donors (Lipinski definition) is 2. The van der Waals surface area contributed by atoms with Crippen molar-refractivity contribution in [2.45, 2.75) is 19.9 Å². The molecule has 0 radical (unpaired) electrons. The Labute approximate surface area is 210 Å². The zero-order valence-electron chi connectivity index (χ0n) is 18.7. The fourth-order valence-electron chi connectivity index (χ4n) is 3.32. The van der Waals surface area contributed by atoms with E-state index in [9.17, 15) is 10.1 Å². The Bertz CT molecular complexity index is 1480. The molecule has 0 saturated carbocycles. The summed E-state index contributed by atoms with van der Waals surface area (Å²) in [6, 6.07) is 11.9. The van der Waals surface area contributed by atoms with E-state index < -0.39 is 5.91 Å². The van der Waals surface area contributed by atoms with Crippen molar-refractivity contribution in [2.75, 3.05) is 11.1 Å². The number of nitrogens with zero attached hydrogens (tertiary/aromatic N) is 5. The van der Waals surface area contributed by atoms with Crippen molar-refractivity contribution >= 4 is 46.4 Å². The van der Waals surface area contributed by atoms with E-state index in [1.54, 1.807) is 41.1 Å². The van der Waals surface area contributed by atoms with Crippen LogP contribution >= 0.6 is 23.2 Å². The summed E-state index contributed by atoms with van der Waals surface area (Å²) in [5.41, 5.74) is 8.79. The van der Waals surface area contributed by atoms with Gasteiger partial charge in [-0.3, -0.25) is 15.1 Å². The number of nitrogens with one attached hydrogen (secondary N) is 1. The summed E-state index contributed by atoms with van der Waals surface area (Å²) in [5, 5.41) is 21.4. The zero-order chi connectivity index (χ0) is 25.3. The average Bonchev–Trinajstić information content (AvgIpc) is 3.42. The molecule has 176 valence electrons. The molecule has 0 saturated heterocycles. The number of aromatic nitrogens is 4. The van der Waals surface area contributed by atoms with Gasteiger partial charge in [0.1, 0.15) is 28.8 Å². The maximum absolute atomic E-state index is 12.7. The molecule has 0 atom stereocenters. The lowest BCUT2D eigenvalue weighted by Crippen LogP contribution is -2.12. The SMILES string of the molecule is C=C(C(=O)Nc1cc(-c2ccc(Cl)cc2Cl)no1)c1ccc(-c2nn(C(C)C)c(N)c2C#N)nc1. The largest absolute Gasteiger partial charge is 0.383 e. The van der Waals surface area contributed by atoms with Crippen LogP contribution < -0.4 is 11.1 Å². The van der Waals surface area contributed by atoms with Crippen molar-refractivity contribution in [3.63, 3.8) is 0 Å². The third kappa shape index (κ3) is 4.75. The van der Waals surface area contributed by atoms with Crippen LogP contribution in [-0.2, 0) is 4.79 Å². The van der Waals surface area contributed by atoms with Gasteiger partial charge in [0.15, 0.2) is 0 Å². The number of hydrogen-bond acceptors (Lipinski definition) is 7. The first-order chi connectivity index (χ1) is 16.7. The molecule has 1 aromatic carbocycles. The molecule has 35 heavy (non-hydrogen) atoms. The van der Waals surface area contributed by atoms with Crippen LogP contribution in [0.2, 0.25) is 10.0 Å². The third-order valence-corrected chi connectivity index (χ3v) is 5.68. The van der Waals surface area contributed by atoms with Gasteiger partial charge in [0, 0.05) is 40.0 Å². The fraction of sp³-hybridized carbons (Fsp3) is 0.125. The van der Waals surface area contributed by atoms with Crippen LogP contribution in [0, 0.1) is 11.3 Å². The molecule has 0 aliphatic rings. The zero-order valence-corrected chi connectivity index (χ0v) is 20.2. The van der Waals surface area contributed by atoms with Gasteiger partial charge in [-0.2, -0.15) is 10.4 Å². The normalized spacial score (nSPS) is 10.9. The topological polar surface area (TPSA) is 136 Å². The summed E-state index contributed by atoms with van der Waals surface area (Å²) < 4.78 is 6.78. The van der Waals surface area contributed by atoms with E-state index in [0.717, 1.165) is 0 Å². The van der Waals surface area contributed by atoms with Gasteiger partial charge in [-0.1, -0.05) is 41.0 Å². The molecule has 0 bridgehead atoms. The molecule has 3 aromatic heterocycles. The highest BCUT2D eigenvalue weighted by atomic mass is 35.5. The van der Waals surface area contributed by atoms with E-state index in [0.29, 0.717) is 38.3 Å². The number of amides is 1. The molecule has 1 amide bonds. The standard InChI is InChI=1S/C24H19Cl2N7O2/c1-12(2)33-23(28)17(10-27)22(31-33)19-7-4-14(11-29-19)13(3)24(34)30-21-9-20(32-35-21)16-6-5-15(25)8-18(16)26/h4-9,11-12H,3,28H2,1-2H3,(H,30,34). The number of halogens is 2. The maximum atomic E-state index is 12.7. The number of rotatable bonds is 6. The van der Waals surface area contributed by atoms with E-state index in [1.807, 2.05) is 13.8 Å². The van der Waals surface area contributed by atoms with E-state index in [1.165, 1.54) is 6.20 Å². The van der Waals surface area contributed by atoms with Gasteiger partial charge in [-0.25, -0.2) is 4.68 Å². The Morgan fingerprint density at radius 1 is 1.23 bits per heavy atom. The minimum absolute atomic E-state index is 0.0223. The summed E-state index contributed by atoms with van der Waals surface area (Å²) in [6.45, 7) is 7.67. The first kappa shape index (κ1) is 24.0. The molecule has 0 spiro atoms. The highest BCUT2D eigenvalue weighted by molar-refractivity contribution is 6.36. The summed E-state index contributed by atoms with van der Waals surface area (Å²) in [5.74, 6) is -0.107. The molecule has 4 rings (SSSR count). The number of nitrogens with two attached hydrogens (primary N) is 1. The van der Waals surface area contributed by atoms with Crippen molar-refractivity contribution in [2.24, 2.45) is 0 Å². The minimum atomic E-state index is -0.504. The van der Waals surface area contributed by atoms with Crippen molar-refractivity contribution < 1.29 is 9.32 Å². The molecular weight excluding hydrogens is 489 g/mol. The van der Waals surface area contributed by atoms with Gasteiger partial charge in [0.25, 0.3) is 5.91 Å². The highest BCUT2D eigenvalue weighted by Gasteiger charge is 2.20. The second-order valence-corrected chi connectivity index (χ2v) is 8.67. The number of nitriles is 1. The number of anilines is 2. The van der Waals surface area contributed by atoms with Gasteiger partial charge in [0.05, 0.1) is 10.7 Å². The quantitative estimate of drug-likeness (QED) is 0.324. The molecule has 3 N–H and O–H groups in total. The fourth-order valence-corrected chi connectivity index (χ4v) is 3.83. The molecule has 4 aromatic rings. The predicted octanol–water partition coefficient (Wildman–Crippen LogP) is 5.59. The monoisotopic (exact) mass is 507 g/mol. The maximum Gasteiger partial charge on any atom is 0.258 e. The smallest absolute Gasteiger partial charge is 0.258 e. The molecule has 0 unspecified atom stereocenters. The summed E-state index contributed by atoms with van der Waals surface area (Å²) in [7, 11) is 0. The molecule has 9 nitrogen and oxygen atoms in total. The van der Waals surface area contributed by atoms with Gasteiger partial charge in [0.2, 0.25) is 5.88 Å². The van der Waals surface area contributed by atoms with Crippen molar-refractivity contribution in [1.29, 1.82) is 5.26 Å². The number of benzene rings is 1. The number of nitrogen functional groups attached to an aromatic ring is 1. The van der Waals surface area contributed by atoms with Crippen LogP contribution in [0.4, 0.5) is 11.7 Å². The van der Waals surface area contributed by atoms with E-state index in [4.69, 9.17) is 33.5 Å². The van der Waals surface area contributed by atoms with Gasteiger partial charge in [-0.15, -0.1) is 0 Å². The minimum Gasteiger partial charge on any atom is -0.383 e. The molecule has 0 aliphatic carbocycles. The van der Waals surface area contributed by atoms with E-state index in [-0.39, 0.29) is 28.9 Å². The number of pyridine rings is 1. The highest BCUT2D eigenvalue weighted by Crippen LogP contribution is 2.31. The Kier molecular flexibility index (Phi) is 6.60. The van der Waals surface area contributed by atoms with Crippen LogP contribution in [0.3, 0.4) is 0 Å². The van der Waals surface area contributed by atoms with Crippen molar-refractivity contribution in [3.8, 4) is 28.7 Å². The molecular formula is C24H19Cl2N7O2. The van der Waals surface area contributed by atoms with E-state index in [2.05, 4.69) is 33.2 Å². The predicted molar refractivity (Wildman–Crippen MR) is 135 cm³/mol. The lowest BCUT2D eigenvalue weighted by Gasteiger charge is -2.07. The Morgan fingerprint density at radius 2 is 2.00 bits per heavy atom. The summed E-state index contributed by atoms with van der Waals surface area (Å²) in [6.07, 6.45) is 1.47. The van der Waals surface area contributed by atoms with Crippen LogP contribution in [0.5, 0.6) is 0 Å². The third-order valence-electron chi connectivity index (χ3n) is 5.13. The van der Waals surface area contributed by atoms with Crippen LogP contribution in [0.1, 0.15) is 31.0 Å². The van der Waals surface area contributed by atoms with E-state index >= 15 is 0 Å². The molecule has 3 heterocycles. The van der Waals surface area contributed by atoms with Crippen LogP contribution in [0.25, 0.3) is 28.2 Å². The Hall–Kier alpha value is -4.13. The van der Waals surface area contributed by atoms with Gasteiger partial charge in [-0.05, 0) is 38.1 Å². The second-order valence-electron chi connectivity index (χ2n) is 7.82. The summed E-state index contributed by atoms with van der Waals surface area (Å²) in [4.78, 5) is 17.1. The number of carbonyl (C=O) groups excluding carboxylic acids is 1. The lowest BCUT2D eigenvalue weighted by atomic mass is 10.1. The van der Waals surface area contributed by atoms with Crippen molar-refractivity contribution in [1.82, 2.24) is 19.9 Å². The summed E-state index contributed by atoms with van der Waals surface area (Å²) >= 11 is 12.1. The number of carbonyl (C=O) groups is 1. The Balaban J connectivity index is 1.50. The molecule has 11 heteroatoms.